The van der Waals surface area contributed by atoms with Crippen molar-refractivity contribution in [3.05, 3.63) is 59.7 Å². The molecule has 2 aromatic rings. The number of aromatic carboxylic acids is 1. The Labute approximate surface area is 168 Å². The van der Waals surface area contributed by atoms with E-state index in [4.69, 9.17) is 9.47 Å². The van der Waals surface area contributed by atoms with Crippen molar-refractivity contribution in [2.24, 2.45) is 0 Å². The molecule has 2 amide bonds. The van der Waals surface area contributed by atoms with Crippen molar-refractivity contribution in [2.75, 3.05) is 39.9 Å². The van der Waals surface area contributed by atoms with Gasteiger partial charge >= 0.3 is 5.97 Å². The van der Waals surface area contributed by atoms with E-state index in [9.17, 15) is 19.5 Å². The summed E-state index contributed by atoms with van der Waals surface area (Å²) < 4.78 is 10.8. The highest BCUT2D eigenvalue weighted by atomic mass is 16.5. The molecule has 1 saturated heterocycles. The number of benzene rings is 2. The molecule has 1 heterocycles. The van der Waals surface area contributed by atoms with Crippen molar-refractivity contribution in [3.63, 3.8) is 0 Å². The number of para-hydroxylation sites is 2. The van der Waals surface area contributed by atoms with Crippen LogP contribution in [0.15, 0.2) is 48.5 Å². The van der Waals surface area contributed by atoms with Crippen molar-refractivity contribution in [3.8, 4) is 11.5 Å². The Morgan fingerprint density at radius 2 is 1.41 bits per heavy atom. The molecule has 1 N–H and O–H groups in total. The predicted molar refractivity (Wildman–Crippen MR) is 104 cm³/mol. The van der Waals surface area contributed by atoms with Gasteiger partial charge in [0.05, 0.1) is 18.2 Å². The molecule has 0 spiro atoms. The number of carbonyl (C=O) groups is 3. The van der Waals surface area contributed by atoms with E-state index in [1.165, 1.54) is 19.2 Å². The van der Waals surface area contributed by atoms with E-state index in [0.29, 0.717) is 37.7 Å². The maximum Gasteiger partial charge on any atom is 0.336 e. The van der Waals surface area contributed by atoms with Crippen LogP contribution in [0.4, 0.5) is 0 Å². The quantitative estimate of drug-likeness (QED) is 0.797. The summed E-state index contributed by atoms with van der Waals surface area (Å²) in [4.78, 5) is 39.7. The van der Waals surface area contributed by atoms with Crippen LogP contribution in [-0.4, -0.2) is 72.6 Å². The van der Waals surface area contributed by atoms with Gasteiger partial charge in [-0.05, 0) is 24.3 Å². The van der Waals surface area contributed by atoms with Crippen LogP contribution in [0.3, 0.4) is 0 Å². The molecule has 8 nitrogen and oxygen atoms in total. The third-order valence-electron chi connectivity index (χ3n) is 4.73. The SMILES string of the molecule is COc1ccccc1OCC(=O)N1CCN(C(=O)c2ccccc2C(=O)O)CC1. The number of carboxylic acid groups (broad SMARTS) is 1. The molecule has 0 aliphatic carbocycles. The zero-order chi connectivity index (χ0) is 20.8. The number of hydrogen-bond donors (Lipinski definition) is 1. The molecule has 29 heavy (non-hydrogen) atoms. The van der Waals surface area contributed by atoms with Gasteiger partial charge in [-0.2, -0.15) is 0 Å². The fraction of sp³-hybridized carbons (Fsp3) is 0.286. The summed E-state index contributed by atoms with van der Waals surface area (Å²) in [6, 6.07) is 13.2. The third kappa shape index (κ3) is 4.66. The highest BCUT2D eigenvalue weighted by Crippen LogP contribution is 2.25. The lowest BCUT2D eigenvalue weighted by atomic mass is 10.1. The molecule has 1 aliphatic heterocycles. The van der Waals surface area contributed by atoms with E-state index < -0.39 is 5.97 Å². The van der Waals surface area contributed by atoms with Gasteiger partial charge in [-0.3, -0.25) is 9.59 Å². The molecular weight excluding hydrogens is 376 g/mol. The molecule has 1 aliphatic rings. The van der Waals surface area contributed by atoms with Crippen LogP contribution in [-0.2, 0) is 4.79 Å². The molecule has 0 atom stereocenters. The average Bonchev–Trinajstić information content (AvgIpc) is 2.77. The number of methoxy groups -OCH3 is 1. The van der Waals surface area contributed by atoms with E-state index >= 15 is 0 Å². The van der Waals surface area contributed by atoms with E-state index in [0.717, 1.165) is 0 Å². The van der Waals surface area contributed by atoms with Gasteiger partial charge in [0.1, 0.15) is 0 Å². The average molecular weight is 398 g/mol. The number of ether oxygens (including phenoxy) is 2. The fourth-order valence-electron chi connectivity index (χ4n) is 3.15. The first kappa shape index (κ1) is 20.2. The minimum Gasteiger partial charge on any atom is -0.493 e. The van der Waals surface area contributed by atoms with Gasteiger partial charge in [0, 0.05) is 26.2 Å². The van der Waals surface area contributed by atoms with Crippen molar-refractivity contribution < 1.29 is 29.0 Å². The molecule has 0 unspecified atom stereocenters. The highest BCUT2D eigenvalue weighted by molar-refractivity contribution is 6.04. The zero-order valence-electron chi connectivity index (χ0n) is 16.0. The normalized spacial score (nSPS) is 13.7. The van der Waals surface area contributed by atoms with Crippen LogP contribution in [0, 0.1) is 0 Å². The summed E-state index contributed by atoms with van der Waals surface area (Å²) in [5.74, 6) is -0.638. The Bertz CT molecular complexity index is 906. The van der Waals surface area contributed by atoms with Crippen LogP contribution in [0.2, 0.25) is 0 Å². The number of hydrogen-bond acceptors (Lipinski definition) is 5. The Morgan fingerprint density at radius 1 is 0.862 bits per heavy atom. The van der Waals surface area contributed by atoms with E-state index in [-0.39, 0.29) is 29.5 Å². The third-order valence-corrected chi connectivity index (χ3v) is 4.73. The van der Waals surface area contributed by atoms with Gasteiger partial charge in [-0.25, -0.2) is 4.79 Å². The minimum absolute atomic E-state index is 0.0267. The molecule has 3 rings (SSSR count). The summed E-state index contributed by atoms with van der Waals surface area (Å²) in [5, 5.41) is 9.27. The lowest BCUT2D eigenvalue weighted by molar-refractivity contribution is -0.134. The Morgan fingerprint density at radius 3 is 2.03 bits per heavy atom. The maximum absolute atomic E-state index is 12.7. The topological polar surface area (TPSA) is 96.4 Å². The van der Waals surface area contributed by atoms with Gasteiger partial charge in [0.2, 0.25) is 0 Å². The zero-order valence-corrected chi connectivity index (χ0v) is 16.0. The smallest absolute Gasteiger partial charge is 0.336 e. The summed E-state index contributed by atoms with van der Waals surface area (Å²) in [6.07, 6.45) is 0. The van der Waals surface area contributed by atoms with E-state index in [1.54, 1.807) is 40.1 Å². The lowest BCUT2D eigenvalue weighted by Crippen LogP contribution is -2.51. The molecule has 0 aromatic heterocycles. The highest BCUT2D eigenvalue weighted by Gasteiger charge is 2.27. The van der Waals surface area contributed by atoms with Crippen LogP contribution >= 0.6 is 0 Å². The molecule has 0 saturated carbocycles. The van der Waals surface area contributed by atoms with Crippen molar-refractivity contribution in [1.82, 2.24) is 9.80 Å². The van der Waals surface area contributed by atoms with Gasteiger partial charge in [-0.15, -0.1) is 0 Å². The fourth-order valence-corrected chi connectivity index (χ4v) is 3.15. The van der Waals surface area contributed by atoms with Gasteiger partial charge in [0.25, 0.3) is 11.8 Å². The number of nitrogens with zero attached hydrogens (tertiary/aromatic N) is 2. The van der Waals surface area contributed by atoms with Crippen LogP contribution in [0.5, 0.6) is 11.5 Å². The standard InChI is InChI=1S/C21H22N2O6/c1-28-17-8-4-5-9-18(17)29-14-19(24)22-10-12-23(13-11-22)20(25)15-6-2-3-7-16(15)21(26)27/h2-9H,10-14H2,1H3,(H,26,27). The van der Waals surface area contributed by atoms with Gasteiger partial charge in [-0.1, -0.05) is 24.3 Å². The van der Waals surface area contributed by atoms with Crippen molar-refractivity contribution >= 4 is 17.8 Å². The predicted octanol–water partition coefficient (Wildman–Crippen LogP) is 1.76. The number of amides is 2. The van der Waals surface area contributed by atoms with Crippen LogP contribution < -0.4 is 9.47 Å². The van der Waals surface area contributed by atoms with Crippen LogP contribution in [0.1, 0.15) is 20.7 Å². The Kier molecular flexibility index (Phi) is 6.33. The lowest BCUT2D eigenvalue weighted by Gasteiger charge is -2.35. The number of carboxylic acids is 1. The van der Waals surface area contributed by atoms with E-state index in [2.05, 4.69) is 0 Å². The molecular formula is C21H22N2O6. The first-order valence-corrected chi connectivity index (χ1v) is 9.16. The molecule has 0 bridgehead atoms. The monoisotopic (exact) mass is 398 g/mol. The molecule has 152 valence electrons. The largest absolute Gasteiger partial charge is 0.493 e. The summed E-state index contributed by atoms with van der Waals surface area (Å²) >= 11 is 0. The molecule has 2 aromatic carbocycles. The number of rotatable bonds is 6. The van der Waals surface area contributed by atoms with E-state index in [1.807, 2.05) is 6.07 Å². The molecule has 1 fully saturated rings. The van der Waals surface area contributed by atoms with Crippen LogP contribution in [0.25, 0.3) is 0 Å². The summed E-state index contributed by atoms with van der Waals surface area (Å²) in [5.41, 5.74) is 0.125. The maximum atomic E-state index is 12.7. The second-order valence-corrected chi connectivity index (χ2v) is 6.46. The molecule has 0 radical (unpaired) electrons. The number of piperazine rings is 1. The Balaban J connectivity index is 1.55. The molecule has 8 heteroatoms. The van der Waals surface area contributed by atoms with Gasteiger partial charge < -0.3 is 24.4 Å². The summed E-state index contributed by atoms with van der Waals surface area (Å²) in [6.45, 7) is 1.24. The second-order valence-electron chi connectivity index (χ2n) is 6.46. The van der Waals surface area contributed by atoms with Crippen molar-refractivity contribution in [1.29, 1.82) is 0 Å². The minimum atomic E-state index is -1.14. The Hall–Kier alpha value is -3.55. The first-order chi connectivity index (χ1) is 14.0. The number of carbonyl (C=O) groups excluding carboxylic acids is 2. The second kappa shape index (κ2) is 9.09. The van der Waals surface area contributed by atoms with Crippen molar-refractivity contribution in [2.45, 2.75) is 0 Å². The first-order valence-electron chi connectivity index (χ1n) is 9.16. The van der Waals surface area contributed by atoms with Gasteiger partial charge in [0.15, 0.2) is 18.1 Å². The summed E-state index contributed by atoms with van der Waals surface area (Å²) in [7, 11) is 1.53.